The molecule has 0 aliphatic heterocycles. The van der Waals surface area contributed by atoms with Crippen LogP contribution in [0.5, 0.6) is 11.5 Å². The van der Waals surface area contributed by atoms with Crippen molar-refractivity contribution in [3.63, 3.8) is 0 Å². The average molecular weight is 357 g/mol. The first-order valence-electron chi connectivity index (χ1n) is 8.26. The number of aryl methyl sites for hydroxylation is 1. The monoisotopic (exact) mass is 357 g/mol. The molecule has 1 heterocycles. The Morgan fingerprint density at radius 1 is 1.08 bits per heavy atom. The van der Waals surface area contributed by atoms with Crippen LogP contribution in [0.15, 0.2) is 42.5 Å². The molecule has 3 aromatic rings. The number of hydrogen-bond donors (Lipinski definition) is 1. The van der Waals surface area contributed by atoms with Gasteiger partial charge in [-0.3, -0.25) is 0 Å². The molecule has 8 heteroatoms. The van der Waals surface area contributed by atoms with E-state index in [4.69, 9.17) is 9.47 Å². The number of tetrazole rings is 1. The summed E-state index contributed by atoms with van der Waals surface area (Å²) in [5.41, 5.74) is 1.34. The van der Waals surface area contributed by atoms with Gasteiger partial charge in [0.2, 0.25) is 5.95 Å². The van der Waals surface area contributed by atoms with Crippen LogP contribution >= 0.6 is 0 Å². The second-order valence-corrected chi connectivity index (χ2v) is 5.54. The van der Waals surface area contributed by atoms with Crippen molar-refractivity contribution in [2.24, 2.45) is 7.05 Å². The number of nitrogens with zero attached hydrogens (tertiary/aromatic N) is 4. The van der Waals surface area contributed by atoms with E-state index < -0.39 is 0 Å². The highest BCUT2D eigenvalue weighted by Gasteiger charge is 2.13. The molecule has 3 rings (SSSR count). The lowest BCUT2D eigenvalue weighted by atomic mass is 10.1. The second-order valence-electron chi connectivity index (χ2n) is 5.54. The van der Waals surface area contributed by atoms with Crippen molar-refractivity contribution in [2.75, 3.05) is 11.9 Å². The third-order valence-electron chi connectivity index (χ3n) is 3.75. The fourth-order valence-corrected chi connectivity index (χ4v) is 2.45. The van der Waals surface area contributed by atoms with E-state index in [-0.39, 0.29) is 12.4 Å². The molecule has 0 fully saturated rings. The van der Waals surface area contributed by atoms with Gasteiger partial charge in [-0.25, -0.2) is 9.07 Å². The Balaban J connectivity index is 1.80. The molecule has 1 aromatic heterocycles. The maximum Gasteiger partial charge on any atom is 0.242 e. The van der Waals surface area contributed by atoms with Crippen LogP contribution in [0.3, 0.4) is 0 Å². The first-order valence-corrected chi connectivity index (χ1v) is 8.26. The van der Waals surface area contributed by atoms with Crippen LogP contribution in [0.4, 0.5) is 10.3 Å². The summed E-state index contributed by atoms with van der Waals surface area (Å²) in [5, 5.41) is 14.4. The van der Waals surface area contributed by atoms with E-state index in [2.05, 4.69) is 20.8 Å². The molecule has 136 valence electrons. The minimum Gasteiger partial charge on any atom is -0.490 e. The van der Waals surface area contributed by atoms with Crippen LogP contribution in [-0.4, -0.2) is 26.8 Å². The molecule has 26 heavy (non-hydrogen) atoms. The molecule has 0 spiro atoms. The molecule has 0 amide bonds. The third kappa shape index (κ3) is 4.08. The Morgan fingerprint density at radius 3 is 2.62 bits per heavy atom. The summed E-state index contributed by atoms with van der Waals surface area (Å²) in [6.07, 6.45) is 0. The molecule has 2 aromatic carbocycles. The molecular weight excluding hydrogens is 337 g/mol. The van der Waals surface area contributed by atoms with Gasteiger partial charge in [0.05, 0.1) is 6.61 Å². The number of para-hydroxylation sites is 1. The van der Waals surface area contributed by atoms with Gasteiger partial charge in [-0.2, -0.15) is 0 Å². The van der Waals surface area contributed by atoms with Crippen molar-refractivity contribution >= 4 is 5.95 Å². The zero-order chi connectivity index (χ0) is 18.4. The Labute approximate surface area is 150 Å². The largest absolute Gasteiger partial charge is 0.490 e. The van der Waals surface area contributed by atoms with Gasteiger partial charge in [-0.1, -0.05) is 35.4 Å². The highest BCUT2D eigenvalue weighted by molar-refractivity contribution is 5.48. The van der Waals surface area contributed by atoms with E-state index in [9.17, 15) is 4.39 Å². The Bertz CT molecular complexity index is 868. The molecule has 0 aliphatic rings. The summed E-state index contributed by atoms with van der Waals surface area (Å²) < 4.78 is 27.0. The normalized spacial score (nSPS) is 10.6. The van der Waals surface area contributed by atoms with Gasteiger partial charge in [-0.05, 0) is 29.5 Å². The van der Waals surface area contributed by atoms with Gasteiger partial charge in [0.25, 0.3) is 0 Å². The SMILES string of the molecule is CCOc1cccc(CNc2nnnn2C)c1OCc1ccccc1F. The summed E-state index contributed by atoms with van der Waals surface area (Å²) in [6.45, 7) is 2.94. The van der Waals surface area contributed by atoms with Crippen molar-refractivity contribution in [2.45, 2.75) is 20.1 Å². The number of halogens is 1. The number of hydrogen-bond acceptors (Lipinski definition) is 6. The van der Waals surface area contributed by atoms with Crippen molar-refractivity contribution in [3.8, 4) is 11.5 Å². The van der Waals surface area contributed by atoms with E-state index in [1.54, 1.807) is 25.2 Å². The maximum absolute atomic E-state index is 13.9. The van der Waals surface area contributed by atoms with E-state index in [1.165, 1.54) is 10.7 Å². The molecule has 0 saturated heterocycles. The Kier molecular flexibility index (Phi) is 5.62. The first kappa shape index (κ1) is 17.7. The van der Waals surface area contributed by atoms with Gasteiger partial charge in [-0.15, -0.1) is 0 Å². The zero-order valence-electron chi connectivity index (χ0n) is 14.6. The predicted octanol–water partition coefficient (Wildman–Crippen LogP) is 2.94. The summed E-state index contributed by atoms with van der Waals surface area (Å²) in [6, 6.07) is 12.2. The number of anilines is 1. The van der Waals surface area contributed by atoms with Crippen LogP contribution in [0.2, 0.25) is 0 Å². The molecule has 0 aliphatic carbocycles. The lowest BCUT2D eigenvalue weighted by Crippen LogP contribution is -2.09. The van der Waals surface area contributed by atoms with Gasteiger partial charge in [0.1, 0.15) is 12.4 Å². The van der Waals surface area contributed by atoms with Crippen molar-refractivity contribution in [1.82, 2.24) is 20.2 Å². The zero-order valence-corrected chi connectivity index (χ0v) is 14.6. The van der Waals surface area contributed by atoms with Crippen LogP contribution in [0.1, 0.15) is 18.1 Å². The van der Waals surface area contributed by atoms with Crippen molar-refractivity contribution in [3.05, 3.63) is 59.4 Å². The van der Waals surface area contributed by atoms with Crippen molar-refractivity contribution in [1.29, 1.82) is 0 Å². The van der Waals surface area contributed by atoms with Crippen molar-refractivity contribution < 1.29 is 13.9 Å². The van der Waals surface area contributed by atoms with Gasteiger partial charge in [0.15, 0.2) is 11.5 Å². The molecule has 0 unspecified atom stereocenters. The van der Waals surface area contributed by atoms with E-state index in [1.807, 2.05) is 25.1 Å². The van der Waals surface area contributed by atoms with E-state index in [0.29, 0.717) is 36.2 Å². The minimum absolute atomic E-state index is 0.106. The number of rotatable bonds is 8. The standard InChI is InChI=1S/C18H20FN5O2/c1-3-25-16-10-6-8-13(11-20-18-21-22-23-24(18)2)17(16)26-12-14-7-4-5-9-15(14)19/h4-10H,3,11-12H2,1-2H3,(H,20,21,23). The highest BCUT2D eigenvalue weighted by Crippen LogP contribution is 2.32. The number of aromatic nitrogens is 4. The number of ether oxygens (including phenoxy) is 2. The van der Waals surface area contributed by atoms with Gasteiger partial charge in [0, 0.05) is 24.7 Å². The molecule has 1 N–H and O–H groups in total. The summed E-state index contributed by atoms with van der Waals surface area (Å²) >= 11 is 0. The fourth-order valence-electron chi connectivity index (χ4n) is 2.45. The topological polar surface area (TPSA) is 74.1 Å². The molecular formula is C18H20FN5O2. The van der Waals surface area contributed by atoms with Crippen LogP contribution in [0.25, 0.3) is 0 Å². The molecule has 0 atom stereocenters. The molecule has 0 saturated carbocycles. The van der Waals surface area contributed by atoms with Crippen LogP contribution < -0.4 is 14.8 Å². The summed E-state index contributed by atoms with van der Waals surface area (Å²) in [4.78, 5) is 0. The molecule has 0 radical (unpaired) electrons. The minimum atomic E-state index is -0.300. The maximum atomic E-state index is 13.9. The van der Waals surface area contributed by atoms with Gasteiger partial charge < -0.3 is 14.8 Å². The van der Waals surface area contributed by atoms with E-state index >= 15 is 0 Å². The quantitative estimate of drug-likeness (QED) is 0.668. The number of nitrogens with one attached hydrogen (secondary N) is 1. The average Bonchev–Trinajstić information content (AvgIpc) is 3.05. The first-order chi connectivity index (χ1) is 12.7. The molecule has 0 bridgehead atoms. The fraction of sp³-hybridized carbons (Fsp3) is 0.278. The third-order valence-corrected chi connectivity index (χ3v) is 3.75. The van der Waals surface area contributed by atoms with Crippen LogP contribution in [0, 0.1) is 5.82 Å². The van der Waals surface area contributed by atoms with Crippen LogP contribution in [-0.2, 0) is 20.2 Å². The Morgan fingerprint density at radius 2 is 1.88 bits per heavy atom. The Hall–Kier alpha value is -3.16. The second kappa shape index (κ2) is 8.28. The van der Waals surface area contributed by atoms with E-state index in [0.717, 1.165) is 5.56 Å². The molecule has 7 nitrogen and oxygen atoms in total. The smallest absolute Gasteiger partial charge is 0.242 e. The predicted molar refractivity (Wildman–Crippen MR) is 94.5 cm³/mol. The summed E-state index contributed by atoms with van der Waals surface area (Å²) in [5.74, 6) is 1.41. The van der Waals surface area contributed by atoms with Gasteiger partial charge >= 0.3 is 0 Å². The lowest BCUT2D eigenvalue weighted by molar-refractivity contribution is 0.263. The lowest BCUT2D eigenvalue weighted by Gasteiger charge is -2.16. The highest BCUT2D eigenvalue weighted by atomic mass is 19.1. The number of benzene rings is 2. The summed E-state index contributed by atoms with van der Waals surface area (Å²) in [7, 11) is 1.74.